The zero-order valence-electron chi connectivity index (χ0n) is 9.62. The minimum atomic E-state index is 0.600. The van der Waals surface area contributed by atoms with Gasteiger partial charge in [0.05, 0.1) is 44.8 Å². The van der Waals surface area contributed by atoms with Crippen molar-refractivity contribution in [1.29, 1.82) is 0 Å². The molecule has 0 aliphatic heterocycles. The van der Waals surface area contributed by atoms with Gasteiger partial charge in [-0.1, -0.05) is 0 Å². The van der Waals surface area contributed by atoms with Crippen molar-refractivity contribution < 1.29 is 4.90 Å². The number of pyridine rings is 1. The number of quaternary nitrogens is 1. The first kappa shape index (κ1) is 11.6. The van der Waals surface area contributed by atoms with Crippen LogP contribution in [0, 0.1) is 0 Å². The molecule has 5 heteroatoms. The maximum atomic E-state index is 5.84. The van der Waals surface area contributed by atoms with Crippen LogP contribution in [0.3, 0.4) is 0 Å². The van der Waals surface area contributed by atoms with Crippen molar-refractivity contribution in [3.8, 4) is 0 Å². The molecule has 1 heterocycles. The van der Waals surface area contributed by atoms with E-state index < -0.39 is 0 Å². The molecule has 5 N–H and O–H groups in total. The molecule has 0 amide bonds. The average Bonchev–Trinajstić information content (AvgIpc) is 2.14. The lowest BCUT2D eigenvalue weighted by atomic mass is 10.3. The molecule has 0 spiro atoms. The Morgan fingerprint density at radius 2 is 2.07 bits per heavy atom. The first-order chi connectivity index (χ1) is 7.00. The number of rotatable bonds is 4. The lowest BCUT2D eigenvalue weighted by Gasteiger charge is -2.20. The molecule has 0 saturated carbocycles. The summed E-state index contributed by atoms with van der Waals surface area (Å²) in [7, 11) is 6.22. The van der Waals surface area contributed by atoms with Gasteiger partial charge < -0.3 is 21.3 Å². The van der Waals surface area contributed by atoms with Gasteiger partial charge in [-0.3, -0.25) is 0 Å². The van der Waals surface area contributed by atoms with Crippen LogP contribution in [0.5, 0.6) is 0 Å². The number of nitrogen functional groups attached to an aromatic ring is 2. The van der Waals surface area contributed by atoms with Crippen LogP contribution in [0.25, 0.3) is 0 Å². The predicted molar refractivity (Wildman–Crippen MR) is 64.0 cm³/mol. The molecule has 1 rings (SSSR count). The van der Waals surface area contributed by atoms with E-state index in [1.165, 1.54) is 4.90 Å². The summed E-state index contributed by atoms with van der Waals surface area (Å²) in [5.41, 5.74) is 12.7. The fraction of sp³-hybridized carbons (Fsp3) is 0.500. The SMILES string of the molecule is CN(CC[NH+](C)C)c1ncc(N)cc1N. The van der Waals surface area contributed by atoms with Gasteiger partial charge in [-0.15, -0.1) is 0 Å². The Hall–Kier alpha value is -1.49. The molecular formula is C10H20N5+. The molecule has 0 fully saturated rings. The van der Waals surface area contributed by atoms with Crippen LogP contribution in [0.1, 0.15) is 0 Å². The third kappa shape index (κ3) is 3.28. The minimum absolute atomic E-state index is 0.600. The van der Waals surface area contributed by atoms with Gasteiger partial charge in [0.25, 0.3) is 0 Å². The summed E-state index contributed by atoms with van der Waals surface area (Å²) >= 11 is 0. The van der Waals surface area contributed by atoms with E-state index in [4.69, 9.17) is 11.5 Å². The van der Waals surface area contributed by atoms with Crippen LogP contribution < -0.4 is 21.3 Å². The van der Waals surface area contributed by atoms with Crippen molar-refractivity contribution >= 4 is 17.2 Å². The Labute approximate surface area is 90.7 Å². The average molecular weight is 210 g/mol. The van der Waals surface area contributed by atoms with Crippen molar-refractivity contribution in [3.63, 3.8) is 0 Å². The second kappa shape index (κ2) is 4.84. The molecule has 0 aliphatic rings. The smallest absolute Gasteiger partial charge is 0.151 e. The summed E-state index contributed by atoms with van der Waals surface area (Å²) in [5.74, 6) is 0.797. The molecule has 0 saturated heterocycles. The van der Waals surface area contributed by atoms with E-state index in [0.29, 0.717) is 11.4 Å². The highest BCUT2D eigenvalue weighted by Crippen LogP contribution is 2.20. The number of likely N-dealkylation sites (N-methyl/N-ethyl adjacent to an activating group) is 2. The topological polar surface area (TPSA) is 72.6 Å². The zero-order valence-corrected chi connectivity index (χ0v) is 9.62. The molecule has 5 nitrogen and oxygen atoms in total. The molecule has 84 valence electrons. The van der Waals surface area contributed by atoms with Crippen molar-refractivity contribution in [1.82, 2.24) is 4.98 Å². The monoisotopic (exact) mass is 210 g/mol. The first-order valence-corrected chi connectivity index (χ1v) is 5.02. The largest absolute Gasteiger partial charge is 0.397 e. The van der Waals surface area contributed by atoms with E-state index in [-0.39, 0.29) is 0 Å². The van der Waals surface area contributed by atoms with E-state index in [9.17, 15) is 0 Å². The van der Waals surface area contributed by atoms with Crippen molar-refractivity contribution in [2.75, 3.05) is 50.6 Å². The number of nitrogens with one attached hydrogen (secondary N) is 1. The van der Waals surface area contributed by atoms with E-state index in [1.54, 1.807) is 12.3 Å². The first-order valence-electron chi connectivity index (χ1n) is 5.02. The van der Waals surface area contributed by atoms with Crippen LogP contribution in [-0.2, 0) is 0 Å². The van der Waals surface area contributed by atoms with Gasteiger partial charge in [0.1, 0.15) is 0 Å². The molecule has 1 aromatic heterocycles. The van der Waals surface area contributed by atoms with Crippen LogP contribution in [0.15, 0.2) is 12.3 Å². The van der Waals surface area contributed by atoms with Crippen molar-refractivity contribution in [2.45, 2.75) is 0 Å². The third-order valence-electron chi connectivity index (χ3n) is 2.23. The molecule has 0 atom stereocenters. The van der Waals surface area contributed by atoms with Gasteiger partial charge in [0.15, 0.2) is 5.82 Å². The van der Waals surface area contributed by atoms with E-state index in [2.05, 4.69) is 19.1 Å². The molecule has 1 aromatic rings. The van der Waals surface area contributed by atoms with Crippen molar-refractivity contribution in [2.24, 2.45) is 0 Å². The third-order valence-corrected chi connectivity index (χ3v) is 2.23. The maximum absolute atomic E-state index is 5.84. The summed E-state index contributed by atoms with van der Waals surface area (Å²) in [6.07, 6.45) is 1.63. The van der Waals surface area contributed by atoms with E-state index in [0.717, 1.165) is 18.9 Å². The van der Waals surface area contributed by atoms with Crippen LogP contribution in [0.4, 0.5) is 17.2 Å². The van der Waals surface area contributed by atoms with Gasteiger partial charge in [-0.25, -0.2) is 4.98 Å². The van der Waals surface area contributed by atoms with Crippen LogP contribution in [-0.4, -0.2) is 39.2 Å². The maximum Gasteiger partial charge on any atom is 0.151 e. The summed E-state index contributed by atoms with van der Waals surface area (Å²) in [4.78, 5) is 7.66. The number of anilines is 3. The minimum Gasteiger partial charge on any atom is -0.397 e. The molecule has 0 unspecified atom stereocenters. The highest BCUT2D eigenvalue weighted by Gasteiger charge is 2.08. The lowest BCUT2D eigenvalue weighted by molar-refractivity contribution is -0.856. The second-order valence-electron chi connectivity index (χ2n) is 4.06. The number of nitrogens with zero attached hydrogens (tertiary/aromatic N) is 2. The summed E-state index contributed by atoms with van der Waals surface area (Å²) < 4.78 is 0. The van der Waals surface area contributed by atoms with Crippen LogP contribution in [0.2, 0.25) is 0 Å². The Balaban J connectivity index is 2.69. The molecule has 0 aliphatic carbocycles. The summed E-state index contributed by atoms with van der Waals surface area (Å²) in [6, 6.07) is 1.74. The second-order valence-corrected chi connectivity index (χ2v) is 4.06. The zero-order chi connectivity index (χ0) is 11.4. The highest BCUT2D eigenvalue weighted by atomic mass is 15.2. The molecule has 0 radical (unpaired) electrons. The van der Waals surface area contributed by atoms with Gasteiger partial charge in [0.2, 0.25) is 0 Å². The molecule has 0 aromatic carbocycles. The molecular weight excluding hydrogens is 190 g/mol. The fourth-order valence-corrected chi connectivity index (χ4v) is 1.31. The standard InChI is InChI=1S/C10H19N5/c1-14(2)4-5-15(3)10-9(12)6-8(11)7-13-10/h6-7H,4-5,11-12H2,1-3H3/p+1. The normalized spacial score (nSPS) is 10.7. The fourth-order valence-electron chi connectivity index (χ4n) is 1.31. The van der Waals surface area contributed by atoms with E-state index >= 15 is 0 Å². The Morgan fingerprint density at radius 3 is 2.60 bits per heavy atom. The molecule has 15 heavy (non-hydrogen) atoms. The van der Waals surface area contributed by atoms with Crippen molar-refractivity contribution in [3.05, 3.63) is 12.3 Å². The van der Waals surface area contributed by atoms with Crippen LogP contribution >= 0.6 is 0 Å². The Morgan fingerprint density at radius 1 is 1.40 bits per heavy atom. The summed E-state index contributed by atoms with van der Waals surface area (Å²) in [5, 5.41) is 0. The number of hydrogen-bond acceptors (Lipinski definition) is 4. The van der Waals surface area contributed by atoms with Gasteiger partial charge in [-0.2, -0.15) is 0 Å². The quantitative estimate of drug-likeness (QED) is 0.585. The van der Waals surface area contributed by atoms with Gasteiger partial charge in [0, 0.05) is 7.05 Å². The Kier molecular flexibility index (Phi) is 3.74. The van der Waals surface area contributed by atoms with Gasteiger partial charge >= 0.3 is 0 Å². The molecule has 0 bridgehead atoms. The predicted octanol–water partition coefficient (Wildman–Crippen LogP) is -1.17. The van der Waals surface area contributed by atoms with E-state index in [1.807, 2.05) is 11.9 Å². The number of nitrogens with two attached hydrogens (primary N) is 2. The van der Waals surface area contributed by atoms with Gasteiger partial charge in [-0.05, 0) is 6.07 Å². The number of hydrogen-bond donors (Lipinski definition) is 3. The Bertz CT molecular complexity index is 324. The number of aromatic nitrogens is 1. The summed E-state index contributed by atoms with van der Waals surface area (Å²) in [6.45, 7) is 1.96. The highest BCUT2D eigenvalue weighted by molar-refractivity contribution is 5.66. The lowest BCUT2D eigenvalue weighted by Crippen LogP contribution is -3.06.